The van der Waals surface area contributed by atoms with Gasteiger partial charge in [-0.15, -0.1) is 0 Å². The first-order valence-electron chi connectivity index (χ1n) is 5.62. The molecule has 0 heterocycles. The summed E-state index contributed by atoms with van der Waals surface area (Å²) < 4.78 is 0. The maximum Gasteiger partial charge on any atom is 0.234 e. The van der Waals surface area contributed by atoms with Crippen molar-refractivity contribution in [2.75, 3.05) is 0 Å². The molecule has 0 fully saturated rings. The van der Waals surface area contributed by atoms with Gasteiger partial charge in [-0.1, -0.05) is 38.1 Å². The number of nitrogens with two attached hydrogens (primary N) is 1. The van der Waals surface area contributed by atoms with Crippen LogP contribution in [0.5, 0.6) is 0 Å². The lowest BCUT2D eigenvalue weighted by Crippen LogP contribution is -2.38. The summed E-state index contributed by atoms with van der Waals surface area (Å²) in [6.07, 6.45) is 0. The normalized spacial score (nSPS) is 12.8. The predicted molar refractivity (Wildman–Crippen MR) is 66.0 cm³/mol. The van der Waals surface area contributed by atoms with Gasteiger partial charge in [0.2, 0.25) is 5.91 Å². The maximum atomic E-state index is 10.9. The topological polar surface area (TPSA) is 55.1 Å². The zero-order valence-electron chi connectivity index (χ0n) is 10.2. The Labute approximate surface area is 97.0 Å². The van der Waals surface area contributed by atoms with E-state index in [1.165, 1.54) is 11.1 Å². The van der Waals surface area contributed by atoms with E-state index in [-0.39, 0.29) is 11.9 Å². The summed E-state index contributed by atoms with van der Waals surface area (Å²) in [5.74, 6) is 0.202. The Morgan fingerprint density at radius 1 is 1.38 bits per heavy atom. The van der Waals surface area contributed by atoms with Gasteiger partial charge in [0.25, 0.3) is 0 Å². The predicted octanol–water partition coefficient (Wildman–Crippen LogP) is 1.77. The Morgan fingerprint density at radius 3 is 2.62 bits per heavy atom. The van der Waals surface area contributed by atoms with Crippen molar-refractivity contribution in [1.82, 2.24) is 5.32 Å². The summed E-state index contributed by atoms with van der Waals surface area (Å²) in [5, 5.41) is 3.09. The summed E-state index contributed by atoms with van der Waals surface area (Å²) in [6, 6.07) is 8.08. The number of carbonyl (C=O) groups excluding carboxylic acids is 1. The molecule has 1 atom stereocenters. The molecular weight excluding hydrogens is 200 g/mol. The van der Waals surface area contributed by atoms with Gasteiger partial charge in [-0.2, -0.15) is 0 Å². The number of hydrogen-bond acceptors (Lipinski definition) is 2. The van der Waals surface area contributed by atoms with Gasteiger partial charge in [0, 0.05) is 6.54 Å². The van der Waals surface area contributed by atoms with Crippen molar-refractivity contribution < 1.29 is 4.79 Å². The fourth-order valence-corrected chi connectivity index (χ4v) is 1.43. The largest absolute Gasteiger partial charge is 0.368 e. The standard InChI is InChI=1S/C13H20N2O/c1-9(2)12-6-4-5-11(7-12)8-15-10(3)13(14)16/h4-7,9-10,15H,8H2,1-3H3,(H2,14,16). The monoisotopic (exact) mass is 220 g/mol. The smallest absolute Gasteiger partial charge is 0.234 e. The van der Waals surface area contributed by atoms with Crippen LogP contribution in [-0.4, -0.2) is 11.9 Å². The number of benzene rings is 1. The minimum Gasteiger partial charge on any atom is -0.368 e. The summed E-state index contributed by atoms with van der Waals surface area (Å²) >= 11 is 0. The molecule has 0 spiro atoms. The van der Waals surface area contributed by atoms with Gasteiger partial charge in [-0.25, -0.2) is 0 Å². The minimum atomic E-state index is -0.319. The quantitative estimate of drug-likeness (QED) is 0.794. The van der Waals surface area contributed by atoms with Crippen LogP contribution in [0.2, 0.25) is 0 Å². The second-order valence-corrected chi connectivity index (χ2v) is 4.40. The molecule has 1 unspecified atom stereocenters. The molecule has 1 aromatic rings. The Hall–Kier alpha value is -1.35. The van der Waals surface area contributed by atoms with E-state index in [0.29, 0.717) is 12.5 Å². The Balaban J connectivity index is 2.60. The molecule has 0 aliphatic heterocycles. The van der Waals surface area contributed by atoms with Gasteiger partial charge in [-0.05, 0) is 24.0 Å². The molecule has 1 aromatic carbocycles. The molecule has 0 aliphatic rings. The van der Waals surface area contributed by atoms with Crippen molar-refractivity contribution >= 4 is 5.91 Å². The van der Waals surface area contributed by atoms with Crippen molar-refractivity contribution in [3.8, 4) is 0 Å². The summed E-state index contributed by atoms with van der Waals surface area (Å²) in [6.45, 7) is 6.77. The number of primary amides is 1. The van der Waals surface area contributed by atoms with Crippen LogP contribution in [0.1, 0.15) is 37.8 Å². The van der Waals surface area contributed by atoms with Gasteiger partial charge in [-0.3, -0.25) is 4.79 Å². The average Bonchev–Trinajstić information content (AvgIpc) is 2.26. The number of carbonyl (C=O) groups is 1. The van der Waals surface area contributed by atoms with E-state index in [9.17, 15) is 4.79 Å². The minimum absolute atomic E-state index is 0.289. The first-order valence-corrected chi connectivity index (χ1v) is 5.62. The molecule has 0 aliphatic carbocycles. The van der Waals surface area contributed by atoms with E-state index in [4.69, 9.17) is 5.73 Å². The second-order valence-electron chi connectivity index (χ2n) is 4.40. The maximum absolute atomic E-state index is 10.9. The zero-order valence-corrected chi connectivity index (χ0v) is 10.2. The van der Waals surface area contributed by atoms with Crippen LogP contribution in [-0.2, 0) is 11.3 Å². The fraction of sp³-hybridized carbons (Fsp3) is 0.462. The zero-order chi connectivity index (χ0) is 12.1. The third-order valence-electron chi connectivity index (χ3n) is 2.66. The first-order chi connectivity index (χ1) is 7.50. The lowest BCUT2D eigenvalue weighted by atomic mass is 10.0. The van der Waals surface area contributed by atoms with Gasteiger partial charge in [0.15, 0.2) is 0 Å². The third-order valence-corrected chi connectivity index (χ3v) is 2.66. The Kier molecular flexibility index (Phi) is 4.50. The van der Waals surface area contributed by atoms with E-state index in [0.717, 1.165) is 0 Å². The first kappa shape index (κ1) is 12.7. The van der Waals surface area contributed by atoms with Crippen molar-refractivity contribution in [2.24, 2.45) is 5.73 Å². The summed E-state index contributed by atoms with van der Waals surface area (Å²) in [5.41, 5.74) is 7.67. The highest BCUT2D eigenvalue weighted by Crippen LogP contribution is 2.15. The van der Waals surface area contributed by atoms with Gasteiger partial charge >= 0.3 is 0 Å². The van der Waals surface area contributed by atoms with E-state index in [1.54, 1.807) is 6.92 Å². The Bertz CT molecular complexity index is 361. The van der Waals surface area contributed by atoms with Crippen molar-refractivity contribution in [3.05, 3.63) is 35.4 Å². The molecule has 88 valence electrons. The molecule has 0 saturated carbocycles. The molecule has 0 bridgehead atoms. The SMILES string of the molecule is CC(NCc1cccc(C(C)C)c1)C(N)=O. The highest BCUT2D eigenvalue weighted by Gasteiger charge is 2.07. The van der Waals surface area contributed by atoms with Crippen molar-refractivity contribution in [1.29, 1.82) is 0 Å². The highest BCUT2D eigenvalue weighted by atomic mass is 16.1. The third kappa shape index (κ3) is 3.66. The fourth-order valence-electron chi connectivity index (χ4n) is 1.43. The second kappa shape index (κ2) is 5.66. The molecule has 1 rings (SSSR count). The lowest BCUT2D eigenvalue weighted by Gasteiger charge is -2.12. The molecule has 3 nitrogen and oxygen atoms in total. The lowest BCUT2D eigenvalue weighted by molar-refractivity contribution is -0.119. The van der Waals surface area contributed by atoms with Crippen LogP contribution in [0, 0.1) is 0 Å². The summed E-state index contributed by atoms with van der Waals surface area (Å²) in [7, 11) is 0. The van der Waals surface area contributed by atoms with Crippen LogP contribution in [0.25, 0.3) is 0 Å². The summed E-state index contributed by atoms with van der Waals surface area (Å²) in [4.78, 5) is 10.9. The van der Waals surface area contributed by atoms with Crippen LogP contribution in [0.4, 0.5) is 0 Å². The van der Waals surface area contributed by atoms with Gasteiger partial charge in [0.1, 0.15) is 0 Å². The number of hydrogen-bond donors (Lipinski definition) is 2. The van der Waals surface area contributed by atoms with Crippen LogP contribution in [0.15, 0.2) is 24.3 Å². The van der Waals surface area contributed by atoms with E-state index >= 15 is 0 Å². The number of nitrogens with one attached hydrogen (secondary N) is 1. The molecule has 3 N–H and O–H groups in total. The van der Waals surface area contributed by atoms with Crippen LogP contribution >= 0.6 is 0 Å². The molecule has 1 amide bonds. The molecular formula is C13H20N2O. The van der Waals surface area contributed by atoms with Crippen LogP contribution < -0.4 is 11.1 Å². The molecule has 0 saturated heterocycles. The van der Waals surface area contributed by atoms with Crippen molar-refractivity contribution in [2.45, 2.75) is 39.3 Å². The van der Waals surface area contributed by atoms with Crippen molar-refractivity contribution in [3.63, 3.8) is 0 Å². The molecule has 16 heavy (non-hydrogen) atoms. The molecule has 3 heteroatoms. The number of rotatable bonds is 5. The van der Waals surface area contributed by atoms with Gasteiger partial charge in [0.05, 0.1) is 6.04 Å². The average molecular weight is 220 g/mol. The highest BCUT2D eigenvalue weighted by molar-refractivity contribution is 5.79. The van der Waals surface area contributed by atoms with E-state index in [1.807, 2.05) is 12.1 Å². The van der Waals surface area contributed by atoms with E-state index in [2.05, 4.69) is 31.3 Å². The molecule has 0 aromatic heterocycles. The van der Waals surface area contributed by atoms with Crippen LogP contribution in [0.3, 0.4) is 0 Å². The Morgan fingerprint density at radius 2 is 2.06 bits per heavy atom. The molecule has 0 radical (unpaired) electrons. The van der Waals surface area contributed by atoms with Gasteiger partial charge < -0.3 is 11.1 Å². The number of amides is 1. The van der Waals surface area contributed by atoms with E-state index < -0.39 is 0 Å².